The zero-order valence-electron chi connectivity index (χ0n) is 14.9. The highest BCUT2D eigenvalue weighted by Gasteiger charge is 2.55. The van der Waals surface area contributed by atoms with Gasteiger partial charge in [0.25, 0.3) is 5.91 Å². The van der Waals surface area contributed by atoms with Crippen LogP contribution < -0.4 is 0 Å². The van der Waals surface area contributed by atoms with E-state index in [2.05, 4.69) is 36.3 Å². The summed E-state index contributed by atoms with van der Waals surface area (Å²) < 4.78 is 7.31. The van der Waals surface area contributed by atoms with Gasteiger partial charge < -0.3 is 9.64 Å². The van der Waals surface area contributed by atoms with Crippen LogP contribution in [-0.2, 0) is 18.2 Å². The Morgan fingerprint density at radius 2 is 2.00 bits per heavy atom. The molecule has 0 saturated carbocycles. The number of nitrogens with zero attached hydrogens (tertiary/aromatic N) is 3. The summed E-state index contributed by atoms with van der Waals surface area (Å²) in [5, 5.41) is 4.44. The van der Waals surface area contributed by atoms with Gasteiger partial charge in [-0.1, -0.05) is 37.3 Å². The third-order valence-corrected chi connectivity index (χ3v) is 5.75. The number of hydrogen-bond donors (Lipinski definition) is 0. The number of amides is 1. The quantitative estimate of drug-likeness (QED) is 0.864. The maximum Gasteiger partial charge on any atom is 0.272 e. The number of aryl methyl sites for hydroxylation is 2. The van der Waals surface area contributed by atoms with Crippen molar-refractivity contribution >= 4 is 5.91 Å². The SMILES string of the molecule is CCc1cc(C(=O)N2CC3(CCOCC3)C2c2ccccc2)n(C)n1. The largest absolute Gasteiger partial charge is 0.381 e. The van der Waals surface area contributed by atoms with Gasteiger partial charge in [0.1, 0.15) is 5.69 Å². The topological polar surface area (TPSA) is 47.4 Å². The molecule has 2 aliphatic heterocycles. The lowest BCUT2D eigenvalue weighted by Gasteiger charge is -2.59. The van der Waals surface area contributed by atoms with Gasteiger partial charge in [-0.15, -0.1) is 0 Å². The van der Waals surface area contributed by atoms with Crippen LogP contribution in [0.2, 0.25) is 0 Å². The summed E-state index contributed by atoms with van der Waals surface area (Å²) in [5.74, 6) is 0.0840. The minimum Gasteiger partial charge on any atom is -0.381 e. The molecule has 2 aromatic rings. The highest BCUT2D eigenvalue weighted by atomic mass is 16.5. The number of rotatable bonds is 3. The predicted molar refractivity (Wildman–Crippen MR) is 95.3 cm³/mol. The summed E-state index contributed by atoms with van der Waals surface area (Å²) in [4.78, 5) is 15.2. The van der Waals surface area contributed by atoms with E-state index in [0.717, 1.165) is 44.7 Å². The van der Waals surface area contributed by atoms with E-state index < -0.39 is 0 Å². The van der Waals surface area contributed by atoms with Crippen LogP contribution in [0.4, 0.5) is 0 Å². The minimum atomic E-state index is 0.0840. The Hall–Kier alpha value is -2.14. The van der Waals surface area contributed by atoms with Crippen molar-refractivity contribution in [1.29, 1.82) is 0 Å². The molecule has 2 saturated heterocycles. The van der Waals surface area contributed by atoms with Gasteiger partial charge in [-0.05, 0) is 30.9 Å². The molecule has 1 spiro atoms. The van der Waals surface area contributed by atoms with Crippen molar-refractivity contribution in [2.45, 2.75) is 32.2 Å². The number of hydrogen-bond acceptors (Lipinski definition) is 3. The Bertz CT molecular complexity index is 763. The summed E-state index contributed by atoms with van der Waals surface area (Å²) in [5.41, 5.74) is 3.02. The molecule has 0 aliphatic carbocycles. The van der Waals surface area contributed by atoms with Crippen molar-refractivity contribution in [2.75, 3.05) is 19.8 Å². The lowest BCUT2D eigenvalue weighted by atomic mass is 9.64. The summed E-state index contributed by atoms with van der Waals surface area (Å²) in [6, 6.07) is 12.5. The fraction of sp³-hybridized carbons (Fsp3) is 0.500. The van der Waals surface area contributed by atoms with E-state index in [1.54, 1.807) is 4.68 Å². The predicted octanol–water partition coefficient (Wildman–Crippen LogP) is 2.98. The first kappa shape index (κ1) is 16.3. The summed E-state index contributed by atoms with van der Waals surface area (Å²) in [7, 11) is 1.86. The van der Waals surface area contributed by atoms with Gasteiger partial charge in [0.05, 0.1) is 11.7 Å². The van der Waals surface area contributed by atoms with Gasteiger partial charge in [-0.25, -0.2) is 0 Å². The van der Waals surface area contributed by atoms with Crippen molar-refractivity contribution in [3.05, 3.63) is 53.3 Å². The van der Waals surface area contributed by atoms with Crippen LogP contribution in [0, 0.1) is 5.41 Å². The van der Waals surface area contributed by atoms with E-state index in [-0.39, 0.29) is 17.4 Å². The molecular formula is C20H25N3O2. The smallest absolute Gasteiger partial charge is 0.272 e. The first-order valence-corrected chi connectivity index (χ1v) is 9.11. The van der Waals surface area contributed by atoms with Crippen molar-refractivity contribution in [1.82, 2.24) is 14.7 Å². The molecule has 1 atom stereocenters. The van der Waals surface area contributed by atoms with Crippen molar-refractivity contribution in [2.24, 2.45) is 12.5 Å². The summed E-state index contributed by atoms with van der Waals surface area (Å²) in [6.45, 7) is 4.44. The molecule has 1 aromatic heterocycles. The molecule has 2 fully saturated rings. The molecule has 0 bridgehead atoms. The van der Waals surface area contributed by atoms with Gasteiger partial charge in [0.15, 0.2) is 0 Å². The zero-order chi connectivity index (χ0) is 17.4. The van der Waals surface area contributed by atoms with Crippen molar-refractivity contribution in [3.8, 4) is 0 Å². The second-order valence-corrected chi connectivity index (χ2v) is 7.22. The fourth-order valence-electron chi connectivity index (χ4n) is 4.35. The number of carbonyl (C=O) groups is 1. The number of benzene rings is 1. The van der Waals surface area contributed by atoms with Crippen LogP contribution in [0.25, 0.3) is 0 Å². The number of ether oxygens (including phenoxy) is 1. The molecule has 3 heterocycles. The van der Waals surface area contributed by atoms with Gasteiger partial charge >= 0.3 is 0 Å². The third-order valence-electron chi connectivity index (χ3n) is 5.75. The van der Waals surface area contributed by atoms with Crippen LogP contribution >= 0.6 is 0 Å². The Morgan fingerprint density at radius 1 is 1.28 bits per heavy atom. The van der Waals surface area contributed by atoms with Gasteiger partial charge in [0, 0.05) is 32.2 Å². The molecule has 1 unspecified atom stereocenters. The monoisotopic (exact) mass is 339 g/mol. The third kappa shape index (κ3) is 2.67. The number of likely N-dealkylation sites (tertiary alicyclic amines) is 1. The molecular weight excluding hydrogens is 314 g/mol. The Morgan fingerprint density at radius 3 is 2.64 bits per heavy atom. The minimum absolute atomic E-state index is 0.0840. The van der Waals surface area contributed by atoms with E-state index in [1.807, 2.05) is 24.1 Å². The Kier molecular flexibility index (Phi) is 4.12. The highest BCUT2D eigenvalue weighted by Crippen LogP contribution is 2.55. The Balaban J connectivity index is 1.66. The molecule has 4 rings (SSSR count). The standard InChI is InChI=1S/C20H25N3O2/c1-3-16-13-17(22(2)21-16)19(24)23-14-20(9-11-25-12-10-20)18(23)15-7-5-4-6-8-15/h4-8,13,18H,3,9-12,14H2,1-2H3. The molecule has 0 N–H and O–H groups in total. The van der Waals surface area contributed by atoms with Crippen LogP contribution in [0.3, 0.4) is 0 Å². The zero-order valence-corrected chi connectivity index (χ0v) is 14.9. The molecule has 25 heavy (non-hydrogen) atoms. The van der Waals surface area contributed by atoms with Crippen LogP contribution in [0.1, 0.15) is 47.6 Å². The normalized spacial score (nSPS) is 22.0. The molecule has 5 heteroatoms. The second kappa shape index (κ2) is 6.30. The van der Waals surface area contributed by atoms with E-state index in [1.165, 1.54) is 5.56 Å². The second-order valence-electron chi connectivity index (χ2n) is 7.22. The van der Waals surface area contributed by atoms with E-state index in [9.17, 15) is 4.79 Å². The molecule has 1 amide bonds. The highest BCUT2D eigenvalue weighted by molar-refractivity contribution is 5.93. The maximum absolute atomic E-state index is 13.2. The van der Waals surface area contributed by atoms with Crippen LogP contribution in [-0.4, -0.2) is 40.3 Å². The molecule has 1 aromatic carbocycles. The lowest BCUT2D eigenvalue weighted by Crippen LogP contribution is -2.62. The van der Waals surface area contributed by atoms with Gasteiger partial charge in [-0.2, -0.15) is 5.10 Å². The van der Waals surface area contributed by atoms with Crippen LogP contribution in [0.5, 0.6) is 0 Å². The van der Waals surface area contributed by atoms with E-state index in [0.29, 0.717) is 5.69 Å². The van der Waals surface area contributed by atoms with Gasteiger partial charge in [-0.3, -0.25) is 9.48 Å². The van der Waals surface area contributed by atoms with E-state index >= 15 is 0 Å². The molecule has 132 valence electrons. The summed E-state index contributed by atoms with van der Waals surface area (Å²) in [6.07, 6.45) is 2.87. The number of aromatic nitrogens is 2. The molecule has 0 radical (unpaired) electrons. The number of carbonyl (C=O) groups excluding carboxylic acids is 1. The Labute approximate surface area is 148 Å². The first-order chi connectivity index (χ1) is 12.1. The van der Waals surface area contributed by atoms with Crippen molar-refractivity contribution < 1.29 is 9.53 Å². The van der Waals surface area contributed by atoms with E-state index in [4.69, 9.17) is 4.74 Å². The fourth-order valence-corrected chi connectivity index (χ4v) is 4.35. The molecule has 5 nitrogen and oxygen atoms in total. The maximum atomic E-state index is 13.2. The van der Waals surface area contributed by atoms with Gasteiger partial charge in [0.2, 0.25) is 0 Å². The lowest BCUT2D eigenvalue weighted by molar-refractivity contribution is -0.115. The van der Waals surface area contributed by atoms with Crippen LogP contribution in [0.15, 0.2) is 36.4 Å². The molecule has 2 aliphatic rings. The average molecular weight is 339 g/mol. The van der Waals surface area contributed by atoms with Crippen molar-refractivity contribution in [3.63, 3.8) is 0 Å². The first-order valence-electron chi connectivity index (χ1n) is 9.11. The average Bonchev–Trinajstić information content (AvgIpc) is 3.02. The summed E-state index contributed by atoms with van der Waals surface area (Å²) >= 11 is 0.